The van der Waals surface area contributed by atoms with Gasteiger partial charge in [0, 0.05) is 11.6 Å². The predicted molar refractivity (Wildman–Crippen MR) is 94.7 cm³/mol. The molecule has 0 amide bonds. The maximum Gasteiger partial charge on any atom is 0.185 e. The molecular formula is C20H20N2O. The van der Waals surface area contributed by atoms with Crippen LogP contribution in [0.4, 0.5) is 0 Å². The number of benzene rings is 2. The maximum atomic E-state index is 12.3. The second-order valence-corrected chi connectivity index (χ2v) is 5.99. The minimum atomic E-state index is -0.00707. The second-order valence-electron chi connectivity index (χ2n) is 5.99. The van der Waals surface area contributed by atoms with Crippen molar-refractivity contribution in [1.29, 1.82) is 0 Å². The maximum absolute atomic E-state index is 12.3. The van der Waals surface area contributed by atoms with Crippen molar-refractivity contribution < 1.29 is 4.79 Å². The monoisotopic (exact) mass is 304 g/mol. The van der Waals surface area contributed by atoms with Gasteiger partial charge in [0.25, 0.3) is 0 Å². The summed E-state index contributed by atoms with van der Waals surface area (Å²) in [5, 5.41) is 0. The molecule has 0 N–H and O–H groups in total. The van der Waals surface area contributed by atoms with Crippen molar-refractivity contribution in [3.63, 3.8) is 0 Å². The van der Waals surface area contributed by atoms with Crippen LogP contribution < -0.4 is 0 Å². The van der Waals surface area contributed by atoms with Crippen molar-refractivity contribution in [3.8, 4) is 0 Å². The fourth-order valence-electron chi connectivity index (χ4n) is 2.69. The van der Waals surface area contributed by atoms with Gasteiger partial charge in [0.15, 0.2) is 5.78 Å². The number of hydrogen-bond donors (Lipinski definition) is 0. The molecule has 23 heavy (non-hydrogen) atoms. The standard InChI is InChI=1S/C20H20N2O/c1-14(2)22-18-7-5-4-6-17(18)21-20(22)13-12-19(23)16-10-8-15(3)9-11-16/h4-14H,1-3H3/b13-12+. The molecule has 3 heteroatoms. The number of fused-ring (bicyclic) bond motifs is 1. The highest BCUT2D eigenvalue weighted by Crippen LogP contribution is 2.21. The number of ketones is 1. The molecule has 0 aliphatic carbocycles. The molecule has 2 aromatic carbocycles. The van der Waals surface area contributed by atoms with Gasteiger partial charge in [0.1, 0.15) is 5.82 Å². The summed E-state index contributed by atoms with van der Waals surface area (Å²) in [7, 11) is 0. The Kier molecular flexibility index (Phi) is 4.11. The van der Waals surface area contributed by atoms with Crippen molar-refractivity contribution in [2.75, 3.05) is 0 Å². The van der Waals surface area contributed by atoms with Crippen molar-refractivity contribution in [1.82, 2.24) is 9.55 Å². The fraction of sp³-hybridized carbons (Fsp3) is 0.200. The number of nitrogens with zero attached hydrogens (tertiary/aromatic N) is 2. The number of allylic oxidation sites excluding steroid dienone is 1. The summed E-state index contributed by atoms with van der Waals surface area (Å²) in [6, 6.07) is 15.9. The van der Waals surface area contributed by atoms with Crippen LogP contribution >= 0.6 is 0 Å². The van der Waals surface area contributed by atoms with Gasteiger partial charge >= 0.3 is 0 Å². The average molecular weight is 304 g/mol. The second kappa shape index (κ2) is 6.21. The SMILES string of the molecule is Cc1ccc(C(=O)/C=C/c2nc3ccccc3n2C(C)C)cc1. The normalized spacial score (nSPS) is 11.7. The molecule has 3 nitrogen and oxygen atoms in total. The molecule has 0 fully saturated rings. The first kappa shape index (κ1) is 15.2. The number of carbonyl (C=O) groups excluding carboxylic acids is 1. The Morgan fingerprint density at radius 1 is 1.09 bits per heavy atom. The van der Waals surface area contributed by atoms with E-state index in [-0.39, 0.29) is 11.8 Å². The largest absolute Gasteiger partial charge is 0.322 e. The molecule has 3 rings (SSSR count). The highest BCUT2D eigenvalue weighted by molar-refractivity contribution is 6.06. The quantitative estimate of drug-likeness (QED) is 0.511. The van der Waals surface area contributed by atoms with Crippen molar-refractivity contribution in [2.24, 2.45) is 0 Å². The minimum Gasteiger partial charge on any atom is -0.322 e. The number of para-hydroxylation sites is 2. The molecule has 116 valence electrons. The fourth-order valence-corrected chi connectivity index (χ4v) is 2.69. The zero-order chi connectivity index (χ0) is 16.4. The van der Waals surface area contributed by atoms with Crippen molar-refractivity contribution >= 4 is 22.9 Å². The molecule has 0 aliphatic rings. The number of hydrogen-bond acceptors (Lipinski definition) is 2. The number of rotatable bonds is 4. The number of aryl methyl sites for hydroxylation is 1. The highest BCUT2D eigenvalue weighted by atomic mass is 16.1. The van der Waals surface area contributed by atoms with Gasteiger partial charge in [-0.3, -0.25) is 4.79 Å². The average Bonchev–Trinajstić information content (AvgIpc) is 2.91. The van der Waals surface area contributed by atoms with Crippen LogP contribution in [0.3, 0.4) is 0 Å². The number of imidazole rings is 1. The molecule has 0 radical (unpaired) electrons. The van der Waals surface area contributed by atoms with E-state index < -0.39 is 0 Å². The first-order chi connectivity index (χ1) is 11.1. The van der Waals surface area contributed by atoms with E-state index in [2.05, 4.69) is 29.5 Å². The Bertz CT molecular complexity index is 870. The van der Waals surface area contributed by atoms with Crippen LogP contribution in [0.2, 0.25) is 0 Å². The van der Waals surface area contributed by atoms with Crippen LogP contribution in [0.1, 0.15) is 41.6 Å². The Labute approximate surface area is 136 Å². The van der Waals surface area contributed by atoms with E-state index in [1.165, 1.54) is 0 Å². The van der Waals surface area contributed by atoms with Gasteiger partial charge in [0.05, 0.1) is 11.0 Å². The summed E-state index contributed by atoms with van der Waals surface area (Å²) in [4.78, 5) is 16.9. The van der Waals surface area contributed by atoms with E-state index >= 15 is 0 Å². The van der Waals surface area contributed by atoms with E-state index in [0.29, 0.717) is 5.56 Å². The summed E-state index contributed by atoms with van der Waals surface area (Å²) in [6.07, 6.45) is 3.41. The van der Waals surface area contributed by atoms with Crippen molar-refractivity contribution in [2.45, 2.75) is 26.8 Å². The highest BCUT2D eigenvalue weighted by Gasteiger charge is 2.11. The first-order valence-electron chi connectivity index (χ1n) is 7.82. The predicted octanol–water partition coefficient (Wildman–Crippen LogP) is 4.82. The van der Waals surface area contributed by atoms with Crippen LogP contribution in [0.25, 0.3) is 17.1 Å². The summed E-state index contributed by atoms with van der Waals surface area (Å²) in [5.74, 6) is 0.800. The van der Waals surface area contributed by atoms with Gasteiger partial charge in [-0.05, 0) is 45.1 Å². The Morgan fingerprint density at radius 2 is 1.78 bits per heavy atom. The third kappa shape index (κ3) is 3.09. The lowest BCUT2D eigenvalue weighted by atomic mass is 10.1. The third-order valence-corrected chi connectivity index (χ3v) is 3.86. The molecular weight excluding hydrogens is 284 g/mol. The van der Waals surface area contributed by atoms with E-state index in [1.54, 1.807) is 6.08 Å². The molecule has 0 atom stereocenters. The third-order valence-electron chi connectivity index (χ3n) is 3.86. The van der Waals surface area contributed by atoms with Crippen LogP contribution in [0.15, 0.2) is 54.6 Å². The van der Waals surface area contributed by atoms with Crippen LogP contribution in [0, 0.1) is 6.92 Å². The first-order valence-corrected chi connectivity index (χ1v) is 7.82. The van der Waals surface area contributed by atoms with E-state index in [4.69, 9.17) is 0 Å². The summed E-state index contributed by atoms with van der Waals surface area (Å²) >= 11 is 0. The lowest BCUT2D eigenvalue weighted by Gasteiger charge is -2.10. The number of aromatic nitrogens is 2. The van der Waals surface area contributed by atoms with E-state index in [9.17, 15) is 4.79 Å². The van der Waals surface area contributed by atoms with Gasteiger partial charge in [-0.2, -0.15) is 0 Å². The zero-order valence-electron chi connectivity index (χ0n) is 13.7. The molecule has 1 aromatic heterocycles. The Hall–Kier alpha value is -2.68. The molecule has 0 saturated heterocycles. The minimum absolute atomic E-state index is 0.00707. The van der Waals surface area contributed by atoms with Crippen LogP contribution in [-0.4, -0.2) is 15.3 Å². The molecule has 0 aliphatic heterocycles. The molecule has 1 heterocycles. The van der Waals surface area contributed by atoms with Crippen LogP contribution in [-0.2, 0) is 0 Å². The lowest BCUT2D eigenvalue weighted by molar-refractivity contribution is 0.104. The van der Waals surface area contributed by atoms with Crippen molar-refractivity contribution in [3.05, 3.63) is 71.6 Å². The summed E-state index contributed by atoms with van der Waals surface area (Å²) in [6.45, 7) is 6.25. The molecule has 0 saturated carbocycles. The number of carbonyl (C=O) groups is 1. The van der Waals surface area contributed by atoms with Crippen LogP contribution in [0.5, 0.6) is 0 Å². The Morgan fingerprint density at radius 3 is 2.48 bits per heavy atom. The van der Waals surface area contributed by atoms with Gasteiger partial charge in [0.2, 0.25) is 0 Å². The Balaban J connectivity index is 1.96. The summed E-state index contributed by atoms with van der Waals surface area (Å²) in [5.41, 5.74) is 3.87. The molecule has 0 bridgehead atoms. The molecule has 0 unspecified atom stereocenters. The molecule has 3 aromatic rings. The topological polar surface area (TPSA) is 34.9 Å². The van der Waals surface area contributed by atoms with E-state index in [0.717, 1.165) is 22.4 Å². The summed E-state index contributed by atoms with van der Waals surface area (Å²) < 4.78 is 2.15. The molecule has 0 spiro atoms. The lowest BCUT2D eigenvalue weighted by Crippen LogP contribution is -2.03. The van der Waals surface area contributed by atoms with Gasteiger partial charge < -0.3 is 4.57 Å². The van der Waals surface area contributed by atoms with E-state index in [1.807, 2.05) is 55.5 Å². The smallest absolute Gasteiger partial charge is 0.185 e. The van der Waals surface area contributed by atoms with Gasteiger partial charge in [-0.25, -0.2) is 4.98 Å². The van der Waals surface area contributed by atoms with Gasteiger partial charge in [-0.1, -0.05) is 42.0 Å². The zero-order valence-corrected chi connectivity index (χ0v) is 13.7. The van der Waals surface area contributed by atoms with Gasteiger partial charge in [-0.15, -0.1) is 0 Å².